The van der Waals surface area contributed by atoms with Gasteiger partial charge in [0.1, 0.15) is 11.3 Å². The number of rotatable bonds is 6. The quantitative estimate of drug-likeness (QED) is 0.815. The number of hydrogen-bond donors (Lipinski definition) is 1. The average Bonchev–Trinajstić information content (AvgIpc) is 2.96. The number of carbonyl (C=O) groups excluding carboxylic acids is 1. The Morgan fingerprint density at radius 1 is 1.52 bits per heavy atom. The van der Waals surface area contributed by atoms with E-state index in [-0.39, 0.29) is 5.97 Å². The Morgan fingerprint density at radius 3 is 2.86 bits per heavy atom. The van der Waals surface area contributed by atoms with Gasteiger partial charge in [0.2, 0.25) is 0 Å². The largest absolute Gasteiger partial charge is 0.465 e. The lowest BCUT2D eigenvalue weighted by molar-refractivity contribution is -0.151. The standard InChI is InChI=1S/C15H24N2O3S/c1-5-16-15(13(18)19-6-2)8-7-12(9-15)21-14-17-10(3)11(4)20-14/h12,16H,5-9H2,1-4H3. The molecule has 2 atom stereocenters. The molecule has 5 nitrogen and oxygen atoms in total. The van der Waals surface area contributed by atoms with Crippen LogP contribution in [0.25, 0.3) is 0 Å². The molecule has 0 spiro atoms. The molecule has 6 heteroatoms. The summed E-state index contributed by atoms with van der Waals surface area (Å²) in [5, 5.41) is 4.36. The summed E-state index contributed by atoms with van der Waals surface area (Å²) < 4.78 is 10.9. The Labute approximate surface area is 130 Å². The minimum absolute atomic E-state index is 0.130. The molecule has 0 bridgehead atoms. The lowest BCUT2D eigenvalue weighted by atomic mass is 9.98. The SMILES string of the molecule is CCNC1(C(=O)OCC)CCC(Sc2nc(C)c(C)o2)C1. The van der Waals surface area contributed by atoms with Gasteiger partial charge in [-0.2, -0.15) is 0 Å². The van der Waals surface area contributed by atoms with Crippen molar-refractivity contribution in [2.24, 2.45) is 0 Å². The van der Waals surface area contributed by atoms with Gasteiger partial charge in [-0.15, -0.1) is 0 Å². The number of aromatic nitrogens is 1. The molecule has 21 heavy (non-hydrogen) atoms. The molecule has 1 aromatic heterocycles. The highest BCUT2D eigenvalue weighted by atomic mass is 32.2. The fraction of sp³-hybridized carbons (Fsp3) is 0.733. The molecule has 1 fully saturated rings. The number of oxazole rings is 1. The third kappa shape index (κ3) is 3.61. The van der Waals surface area contributed by atoms with Crippen molar-refractivity contribution in [2.75, 3.05) is 13.2 Å². The van der Waals surface area contributed by atoms with Crippen LogP contribution in [0.2, 0.25) is 0 Å². The van der Waals surface area contributed by atoms with Crippen molar-refractivity contribution in [3.8, 4) is 0 Å². The number of nitrogens with one attached hydrogen (secondary N) is 1. The van der Waals surface area contributed by atoms with Gasteiger partial charge in [0.15, 0.2) is 0 Å². The van der Waals surface area contributed by atoms with Crippen LogP contribution in [0.1, 0.15) is 44.6 Å². The van der Waals surface area contributed by atoms with E-state index >= 15 is 0 Å². The fourth-order valence-electron chi connectivity index (χ4n) is 2.76. The van der Waals surface area contributed by atoms with Crippen LogP contribution in [0, 0.1) is 13.8 Å². The summed E-state index contributed by atoms with van der Waals surface area (Å²) in [6.07, 6.45) is 2.51. The molecule has 1 aliphatic rings. The smallest absolute Gasteiger partial charge is 0.326 e. The summed E-state index contributed by atoms with van der Waals surface area (Å²) >= 11 is 1.62. The molecule has 1 heterocycles. The molecule has 0 amide bonds. The van der Waals surface area contributed by atoms with Crippen molar-refractivity contribution in [1.82, 2.24) is 10.3 Å². The molecular weight excluding hydrogens is 288 g/mol. The maximum absolute atomic E-state index is 12.3. The summed E-state index contributed by atoms with van der Waals surface area (Å²) in [6.45, 7) is 8.90. The predicted octanol–water partition coefficient (Wildman–Crippen LogP) is 2.85. The van der Waals surface area contributed by atoms with Gasteiger partial charge in [0.05, 0.1) is 12.3 Å². The summed E-state index contributed by atoms with van der Waals surface area (Å²) in [6, 6.07) is 0. The van der Waals surface area contributed by atoms with Crippen LogP contribution in [-0.4, -0.2) is 34.9 Å². The van der Waals surface area contributed by atoms with E-state index in [1.165, 1.54) is 0 Å². The van der Waals surface area contributed by atoms with Gasteiger partial charge < -0.3 is 14.5 Å². The van der Waals surface area contributed by atoms with E-state index in [0.717, 1.165) is 37.3 Å². The van der Waals surface area contributed by atoms with Gasteiger partial charge in [-0.25, -0.2) is 4.98 Å². The molecular formula is C15H24N2O3S. The molecule has 0 saturated heterocycles. The van der Waals surface area contributed by atoms with Gasteiger partial charge in [-0.05, 0) is 46.6 Å². The van der Waals surface area contributed by atoms with E-state index in [1.54, 1.807) is 11.8 Å². The number of ether oxygens (including phenoxy) is 1. The van der Waals surface area contributed by atoms with Gasteiger partial charge in [0, 0.05) is 5.25 Å². The first-order valence-corrected chi connectivity index (χ1v) is 8.41. The lowest BCUT2D eigenvalue weighted by Gasteiger charge is -2.27. The highest BCUT2D eigenvalue weighted by Gasteiger charge is 2.46. The lowest BCUT2D eigenvalue weighted by Crippen LogP contribution is -2.51. The summed E-state index contributed by atoms with van der Waals surface area (Å²) in [5.41, 5.74) is 0.387. The summed E-state index contributed by atoms with van der Waals surface area (Å²) in [4.78, 5) is 16.7. The summed E-state index contributed by atoms with van der Waals surface area (Å²) in [7, 11) is 0. The zero-order valence-electron chi connectivity index (χ0n) is 13.2. The second-order valence-corrected chi connectivity index (χ2v) is 6.69. The van der Waals surface area contributed by atoms with Crippen molar-refractivity contribution >= 4 is 17.7 Å². The maximum atomic E-state index is 12.3. The maximum Gasteiger partial charge on any atom is 0.326 e. The van der Waals surface area contributed by atoms with Crippen LogP contribution in [0.4, 0.5) is 0 Å². The molecule has 0 aromatic carbocycles. The Hall–Kier alpha value is -1.01. The number of nitrogens with zero attached hydrogens (tertiary/aromatic N) is 1. The van der Waals surface area contributed by atoms with Crippen LogP contribution < -0.4 is 5.32 Å². The normalized spacial score (nSPS) is 25.2. The van der Waals surface area contributed by atoms with Crippen molar-refractivity contribution in [3.63, 3.8) is 0 Å². The molecule has 1 N–H and O–H groups in total. The number of carbonyl (C=O) groups is 1. The summed E-state index contributed by atoms with van der Waals surface area (Å²) in [5.74, 6) is 0.730. The van der Waals surface area contributed by atoms with Crippen LogP contribution in [0.5, 0.6) is 0 Å². The highest BCUT2D eigenvalue weighted by molar-refractivity contribution is 7.99. The van der Waals surface area contributed by atoms with Crippen LogP contribution >= 0.6 is 11.8 Å². The number of esters is 1. The predicted molar refractivity (Wildman–Crippen MR) is 82.5 cm³/mol. The molecule has 1 saturated carbocycles. The minimum atomic E-state index is -0.543. The molecule has 118 valence electrons. The number of aryl methyl sites for hydroxylation is 2. The Balaban J connectivity index is 2.03. The first-order chi connectivity index (χ1) is 10.0. The van der Waals surface area contributed by atoms with Crippen LogP contribution in [0.3, 0.4) is 0 Å². The second-order valence-electron chi connectivity index (χ2n) is 5.44. The van der Waals surface area contributed by atoms with Crippen molar-refractivity contribution in [3.05, 3.63) is 11.5 Å². The van der Waals surface area contributed by atoms with Gasteiger partial charge in [-0.1, -0.05) is 18.7 Å². The van der Waals surface area contributed by atoms with Crippen LogP contribution in [0.15, 0.2) is 9.64 Å². The monoisotopic (exact) mass is 312 g/mol. The molecule has 2 rings (SSSR count). The van der Waals surface area contributed by atoms with Gasteiger partial charge in [0.25, 0.3) is 5.22 Å². The minimum Gasteiger partial charge on any atom is -0.465 e. The zero-order valence-corrected chi connectivity index (χ0v) is 14.0. The Kier molecular flexibility index (Phi) is 5.32. The van der Waals surface area contributed by atoms with E-state index in [2.05, 4.69) is 10.3 Å². The van der Waals surface area contributed by atoms with Crippen LogP contribution in [-0.2, 0) is 9.53 Å². The third-order valence-corrected chi connectivity index (χ3v) is 5.04. The second kappa shape index (κ2) is 6.83. The van der Waals surface area contributed by atoms with Crippen molar-refractivity contribution in [1.29, 1.82) is 0 Å². The van der Waals surface area contributed by atoms with E-state index < -0.39 is 5.54 Å². The third-order valence-electron chi connectivity index (χ3n) is 3.93. The first kappa shape index (κ1) is 16.4. The highest BCUT2D eigenvalue weighted by Crippen LogP contribution is 2.41. The number of hydrogen-bond acceptors (Lipinski definition) is 6. The van der Waals surface area contributed by atoms with E-state index in [4.69, 9.17) is 9.15 Å². The fourth-order valence-corrected chi connectivity index (χ4v) is 4.01. The molecule has 1 aliphatic carbocycles. The Bertz CT molecular complexity index is 484. The molecule has 1 aromatic rings. The zero-order chi connectivity index (χ0) is 15.5. The molecule has 0 radical (unpaired) electrons. The van der Waals surface area contributed by atoms with Gasteiger partial charge in [-0.3, -0.25) is 4.79 Å². The van der Waals surface area contributed by atoms with Crippen molar-refractivity contribution in [2.45, 2.75) is 63.0 Å². The number of thioether (sulfide) groups is 1. The van der Waals surface area contributed by atoms with E-state index in [9.17, 15) is 4.79 Å². The first-order valence-electron chi connectivity index (χ1n) is 7.53. The van der Waals surface area contributed by atoms with E-state index in [0.29, 0.717) is 17.1 Å². The van der Waals surface area contributed by atoms with E-state index in [1.807, 2.05) is 27.7 Å². The average molecular weight is 312 g/mol. The molecule has 0 aliphatic heterocycles. The topological polar surface area (TPSA) is 64.4 Å². The number of likely N-dealkylation sites (N-methyl/N-ethyl adjacent to an activating group) is 1. The van der Waals surface area contributed by atoms with Gasteiger partial charge >= 0.3 is 5.97 Å². The molecule has 2 unspecified atom stereocenters. The Morgan fingerprint density at radius 2 is 2.29 bits per heavy atom. The van der Waals surface area contributed by atoms with Crippen molar-refractivity contribution < 1.29 is 13.9 Å².